The zero-order valence-electron chi connectivity index (χ0n) is 16.3. The molecular weight excluding hydrogens is 298 g/mol. The monoisotopic (exact) mass is 339 g/mol. The van der Waals surface area contributed by atoms with Crippen molar-refractivity contribution in [2.24, 2.45) is 5.73 Å². The maximum atomic E-state index is 11.5. The molecule has 0 unspecified atom stereocenters. The van der Waals surface area contributed by atoms with E-state index in [2.05, 4.69) is 6.92 Å². The molecule has 0 aliphatic heterocycles. The molecule has 0 aliphatic rings. The van der Waals surface area contributed by atoms with E-state index in [1.165, 1.54) is 83.5 Å². The van der Waals surface area contributed by atoms with Crippen molar-refractivity contribution in [1.29, 1.82) is 0 Å². The molecule has 0 amide bonds. The van der Waals surface area contributed by atoms with Gasteiger partial charge in [-0.25, -0.2) is 0 Å². The molecule has 0 saturated carbocycles. The first-order chi connectivity index (χ1) is 11.6. The maximum Gasteiger partial charge on any atom is 0.214 e. The Morgan fingerprint density at radius 1 is 0.667 bits per heavy atom. The molecule has 3 heteroatoms. The summed E-state index contributed by atoms with van der Waals surface area (Å²) in [5, 5.41) is 0. The zero-order chi connectivity index (χ0) is 18.0. The summed E-state index contributed by atoms with van der Waals surface area (Å²) in [6, 6.07) is -0.645. The molecule has 1 atom stereocenters. The van der Waals surface area contributed by atoms with Crippen molar-refractivity contribution < 1.29 is 9.59 Å². The molecule has 0 aromatic rings. The normalized spacial score (nSPS) is 12.3. The van der Waals surface area contributed by atoms with Crippen LogP contribution >= 0.6 is 0 Å². The summed E-state index contributed by atoms with van der Waals surface area (Å²) in [4.78, 5) is 22.8. The fourth-order valence-electron chi connectivity index (χ4n) is 3.03. The highest BCUT2D eigenvalue weighted by atomic mass is 16.2. The molecule has 0 heterocycles. The number of carbonyl (C=O) groups excluding carboxylic acids is 2. The van der Waals surface area contributed by atoms with Crippen LogP contribution in [0.15, 0.2) is 0 Å². The molecule has 0 fully saturated rings. The summed E-state index contributed by atoms with van der Waals surface area (Å²) in [5.41, 5.74) is 5.42. The lowest BCUT2D eigenvalue weighted by Crippen LogP contribution is -2.32. The Morgan fingerprint density at radius 2 is 1.00 bits per heavy atom. The minimum absolute atomic E-state index is 0.292. The Labute approximate surface area is 150 Å². The SMILES string of the molecule is CCCCCCCCCCCCCCCCCC(=O)C(=O)[C@H](C)N. The Balaban J connectivity index is 3.18. The first kappa shape index (κ1) is 23.3. The van der Waals surface area contributed by atoms with Crippen molar-refractivity contribution in [2.75, 3.05) is 0 Å². The van der Waals surface area contributed by atoms with E-state index < -0.39 is 11.8 Å². The number of hydrogen-bond acceptors (Lipinski definition) is 3. The van der Waals surface area contributed by atoms with Crippen LogP contribution in [0.5, 0.6) is 0 Å². The highest BCUT2D eigenvalue weighted by Crippen LogP contribution is 2.13. The Bertz CT molecular complexity index is 313. The third kappa shape index (κ3) is 14.9. The molecular formula is C21H41NO2. The van der Waals surface area contributed by atoms with Crippen molar-refractivity contribution in [3.05, 3.63) is 0 Å². The van der Waals surface area contributed by atoms with Crippen molar-refractivity contribution >= 4 is 11.6 Å². The molecule has 0 aliphatic carbocycles. The van der Waals surface area contributed by atoms with Crippen LogP contribution in [0, 0.1) is 0 Å². The smallest absolute Gasteiger partial charge is 0.214 e. The predicted octanol–water partition coefficient (Wildman–Crippen LogP) is 5.73. The molecule has 0 bridgehead atoms. The zero-order valence-corrected chi connectivity index (χ0v) is 16.3. The number of nitrogens with two attached hydrogens (primary N) is 1. The molecule has 0 spiro atoms. The van der Waals surface area contributed by atoms with Gasteiger partial charge in [-0.1, -0.05) is 96.8 Å². The molecule has 0 rings (SSSR count). The van der Waals surface area contributed by atoms with Crippen LogP contribution in [0.3, 0.4) is 0 Å². The Kier molecular flexibility index (Phi) is 16.6. The number of Topliss-reactive ketones (excluding diaryl/α,β-unsaturated/α-hetero) is 2. The minimum Gasteiger partial charge on any atom is -0.321 e. The molecule has 0 radical (unpaired) electrons. The fraction of sp³-hybridized carbons (Fsp3) is 0.905. The van der Waals surface area contributed by atoms with Crippen LogP contribution in [0.1, 0.15) is 117 Å². The van der Waals surface area contributed by atoms with Crippen molar-refractivity contribution in [2.45, 2.75) is 123 Å². The van der Waals surface area contributed by atoms with Crippen LogP contribution in [-0.2, 0) is 9.59 Å². The van der Waals surface area contributed by atoms with Gasteiger partial charge in [0.05, 0.1) is 6.04 Å². The summed E-state index contributed by atoms with van der Waals surface area (Å²) in [5.74, 6) is -0.708. The second-order valence-electron chi connectivity index (χ2n) is 7.28. The van der Waals surface area contributed by atoms with Crippen LogP contribution < -0.4 is 5.73 Å². The molecule has 2 N–H and O–H groups in total. The quantitative estimate of drug-likeness (QED) is 0.256. The lowest BCUT2D eigenvalue weighted by Gasteiger charge is -2.04. The summed E-state index contributed by atoms with van der Waals surface area (Å²) in [6.45, 7) is 3.84. The van der Waals surface area contributed by atoms with Gasteiger partial charge in [-0.2, -0.15) is 0 Å². The van der Waals surface area contributed by atoms with E-state index in [-0.39, 0.29) is 5.78 Å². The van der Waals surface area contributed by atoms with E-state index in [9.17, 15) is 9.59 Å². The van der Waals surface area contributed by atoms with E-state index in [0.29, 0.717) is 6.42 Å². The largest absolute Gasteiger partial charge is 0.321 e. The van der Waals surface area contributed by atoms with Gasteiger partial charge in [0.15, 0.2) is 5.78 Å². The second kappa shape index (κ2) is 17.1. The Morgan fingerprint density at radius 3 is 1.33 bits per heavy atom. The molecule has 0 saturated heterocycles. The van der Waals surface area contributed by atoms with E-state index in [1.54, 1.807) is 6.92 Å². The average Bonchev–Trinajstić information content (AvgIpc) is 2.57. The second-order valence-corrected chi connectivity index (χ2v) is 7.28. The number of unbranched alkanes of at least 4 members (excludes halogenated alkanes) is 14. The Hall–Kier alpha value is -0.700. The number of carbonyl (C=O) groups is 2. The average molecular weight is 340 g/mol. The maximum absolute atomic E-state index is 11.5. The van der Waals surface area contributed by atoms with Gasteiger partial charge >= 0.3 is 0 Å². The van der Waals surface area contributed by atoms with Gasteiger partial charge in [0.2, 0.25) is 5.78 Å². The van der Waals surface area contributed by atoms with Crippen LogP contribution in [0.4, 0.5) is 0 Å². The minimum atomic E-state index is -0.645. The van der Waals surface area contributed by atoms with Crippen LogP contribution in [0.2, 0.25) is 0 Å². The van der Waals surface area contributed by atoms with E-state index >= 15 is 0 Å². The van der Waals surface area contributed by atoms with Gasteiger partial charge in [-0.05, 0) is 13.3 Å². The summed E-state index contributed by atoms with van der Waals surface area (Å²) in [7, 11) is 0. The van der Waals surface area contributed by atoms with Gasteiger partial charge in [0.25, 0.3) is 0 Å². The highest BCUT2D eigenvalue weighted by Gasteiger charge is 2.16. The third-order valence-electron chi connectivity index (χ3n) is 4.70. The summed E-state index contributed by atoms with van der Waals surface area (Å²) < 4.78 is 0. The first-order valence-electron chi connectivity index (χ1n) is 10.4. The van der Waals surface area contributed by atoms with Crippen LogP contribution in [0.25, 0.3) is 0 Å². The fourth-order valence-corrected chi connectivity index (χ4v) is 3.03. The molecule has 0 aromatic heterocycles. The standard InChI is InChI=1S/C21H41NO2/c1-3-4-5-6-7-8-9-10-11-12-13-14-15-16-17-18-20(23)21(24)19(2)22/h19H,3-18,22H2,1-2H3/t19-/m0/s1. The predicted molar refractivity (Wildman–Crippen MR) is 103 cm³/mol. The summed E-state index contributed by atoms with van der Waals surface area (Å²) >= 11 is 0. The lowest BCUT2D eigenvalue weighted by molar-refractivity contribution is -0.137. The van der Waals surface area contributed by atoms with Gasteiger partial charge in [0, 0.05) is 6.42 Å². The van der Waals surface area contributed by atoms with Crippen molar-refractivity contribution in [1.82, 2.24) is 0 Å². The molecule has 0 aromatic carbocycles. The third-order valence-corrected chi connectivity index (χ3v) is 4.70. The lowest BCUT2D eigenvalue weighted by atomic mass is 10.0. The number of hydrogen-bond donors (Lipinski definition) is 1. The highest BCUT2D eigenvalue weighted by molar-refractivity contribution is 6.38. The molecule has 3 nitrogen and oxygen atoms in total. The van der Waals surface area contributed by atoms with Crippen molar-refractivity contribution in [3.8, 4) is 0 Å². The number of rotatable bonds is 18. The van der Waals surface area contributed by atoms with Crippen molar-refractivity contribution in [3.63, 3.8) is 0 Å². The first-order valence-corrected chi connectivity index (χ1v) is 10.4. The topological polar surface area (TPSA) is 60.2 Å². The van der Waals surface area contributed by atoms with Gasteiger partial charge in [-0.15, -0.1) is 0 Å². The van der Waals surface area contributed by atoms with E-state index in [1.807, 2.05) is 0 Å². The van der Waals surface area contributed by atoms with Gasteiger partial charge in [0.1, 0.15) is 0 Å². The van der Waals surface area contributed by atoms with Gasteiger partial charge < -0.3 is 5.73 Å². The van der Waals surface area contributed by atoms with Gasteiger partial charge in [-0.3, -0.25) is 9.59 Å². The molecule has 142 valence electrons. The van der Waals surface area contributed by atoms with E-state index in [0.717, 1.165) is 12.8 Å². The molecule has 24 heavy (non-hydrogen) atoms. The van der Waals surface area contributed by atoms with E-state index in [4.69, 9.17) is 5.73 Å². The van der Waals surface area contributed by atoms with Crippen LogP contribution in [-0.4, -0.2) is 17.6 Å². The summed E-state index contributed by atoms with van der Waals surface area (Å²) in [6.07, 6.45) is 19.9. The number of ketones is 2.